The highest BCUT2D eigenvalue weighted by molar-refractivity contribution is 6.05. The van der Waals surface area contributed by atoms with E-state index in [1.165, 1.54) is 17.9 Å². The number of piperidine rings is 1. The van der Waals surface area contributed by atoms with Gasteiger partial charge in [-0.1, -0.05) is 6.92 Å². The molecule has 2 aliphatic heterocycles. The van der Waals surface area contributed by atoms with Gasteiger partial charge in [0.2, 0.25) is 11.5 Å². The Morgan fingerprint density at radius 1 is 1.23 bits per heavy atom. The summed E-state index contributed by atoms with van der Waals surface area (Å²) in [4.78, 5) is 55.2. The monoisotopic (exact) mass is 661 g/mol. The summed E-state index contributed by atoms with van der Waals surface area (Å²) in [6.45, 7) is 5.69. The minimum atomic E-state index is -5.09. The lowest BCUT2D eigenvalue weighted by Crippen LogP contribution is -2.55. The van der Waals surface area contributed by atoms with E-state index in [0.717, 1.165) is 28.0 Å². The fraction of sp³-hybridized carbons (Fsp3) is 0.469. The van der Waals surface area contributed by atoms with Crippen molar-refractivity contribution in [2.75, 3.05) is 31.1 Å². The Morgan fingerprint density at radius 3 is 2.53 bits per heavy atom. The third-order valence-electron chi connectivity index (χ3n) is 8.33. The summed E-state index contributed by atoms with van der Waals surface area (Å²) in [5.74, 6) is -3.72. The van der Waals surface area contributed by atoms with Gasteiger partial charge in [0.05, 0.1) is 34.5 Å². The standard InChI is InChI=1S/C32H35F4N5O6/c1-5-27(42)38-10-12-40-25-14-21(28(43)41(18(2)3)20-7-6-11-39(17-20)30(45)46)22(32(34,35)36)15-26(25)47-31(4,29(40)44)23-13-19(16-37)8-9-24(23)33/h8-9,13-15,18,20H,5-7,10-12,17H2,1-4H3,(H,38,42)(H,45,46)/t20-,31?/m1/s1. The lowest BCUT2D eigenvalue weighted by atomic mass is 9.89. The molecule has 0 aromatic heterocycles. The van der Waals surface area contributed by atoms with Gasteiger partial charge in [-0.05, 0) is 63.9 Å². The molecule has 2 atom stereocenters. The van der Waals surface area contributed by atoms with Crippen LogP contribution < -0.4 is 15.0 Å². The summed E-state index contributed by atoms with van der Waals surface area (Å²) in [7, 11) is 0. The van der Waals surface area contributed by atoms with Crippen molar-refractivity contribution < 1.29 is 46.6 Å². The number of carboxylic acid groups (broad SMARTS) is 1. The van der Waals surface area contributed by atoms with Gasteiger partial charge in [-0.25, -0.2) is 9.18 Å². The van der Waals surface area contributed by atoms with Crippen LogP contribution >= 0.6 is 0 Å². The third kappa shape index (κ3) is 6.96. The molecular formula is C32H35F4N5O6. The molecule has 1 fully saturated rings. The molecule has 0 spiro atoms. The molecule has 2 aromatic carbocycles. The van der Waals surface area contributed by atoms with E-state index in [-0.39, 0.29) is 49.8 Å². The number of fused-ring (bicyclic) bond motifs is 1. The van der Waals surface area contributed by atoms with Crippen LogP contribution in [-0.2, 0) is 21.4 Å². The molecular weight excluding hydrogens is 626 g/mol. The predicted octanol–water partition coefficient (Wildman–Crippen LogP) is 4.88. The van der Waals surface area contributed by atoms with Crippen molar-refractivity contribution in [3.63, 3.8) is 0 Å². The van der Waals surface area contributed by atoms with Gasteiger partial charge in [0, 0.05) is 44.2 Å². The predicted molar refractivity (Wildman–Crippen MR) is 160 cm³/mol. The molecule has 0 bridgehead atoms. The Hall–Kier alpha value is -4.87. The maximum atomic E-state index is 15.2. The molecule has 47 heavy (non-hydrogen) atoms. The number of benzene rings is 2. The van der Waals surface area contributed by atoms with Crippen molar-refractivity contribution in [3.8, 4) is 11.8 Å². The number of carbonyl (C=O) groups is 4. The van der Waals surface area contributed by atoms with E-state index in [2.05, 4.69) is 5.32 Å². The fourth-order valence-corrected chi connectivity index (χ4v) is 6.00. The zero-order valence-corrected chi connectivity index (χ0v) is 26.3. The molecule has 1 saturated heterocycles. The summed E-state index contributed by atoms with van der Waals surface area (Å²) < 4.78 is 65.2. The van der Waals surface area contributed by atoms with Crippen molar-refractivity contribution in [2.24, 2.45) is 0 Å². The summed E-state index contributed by atoms with van der Waals surface area (Å²) in [6, 6.07) is 5.15. The Kier molecular flexibility index (Phi) is 10.0. The third-order valence-corrected chi connectivity index (χ3v) is 8.33. The van der Waals surface area contributed by atoms with Gasteiger partial charge in [-0.15, -0.1) is 0 Å². The van der Waals surface area contributed by atoms with Gasteiger partial charge in [-0.2, -0.15) is 18.4 Å². The van der Waals surface area contributed by atoms with Gasteiger partial charge in [0.15, 0.2) is 0 Å². The number of likely N-dealkylation sites (tertiary alicyclic amines) is 1. The Bertz CT molecular complexity index is 1620. The van der Waals surface area contributed by atoms with Gasteiger partial charge in [0.1, 0.15) is 11.6 Å². The number of halogens is 4. The van der Waals surface area contributed by atoms with Crippen molar-refractivity contribution in [2.45, 2.75) is 70.8 Å². The normalized spacial score (nSPS) is 19.5. The van der Waals surface area contributed by atoms with E-state index in [0.29, 0.717) is 18.9 Å². The van der Waals surface area contributed by atoms with Crippen LogP contribution in [0.15, 0.2) is 30.3 Å². The molecule has 0 aliphatic carbocycles. The number of carbonyl (C=O) groups excluding carboxylic acids is 3. The molecule has 2 N–H and O–H groups in total. The van der Waals surface area contributed by atoms with Crippen LogP contribution in [-0.4, -0.2) is 77.0 Å². The van der Waals surface area contributed by atoms with Gasteiger partial charge in [-0.3, -0.25) is 14.4 Å². The number of nitrogens with one attached hydrogen (secondary N) is 1. The van der Waals surface area contributed by atoms with Gasteiger partial charge < -0.3 is 29.9 Å². The number of hydrogen-bond acceptors (Lipinski definition) is 6. The van der Waals surface area contributed by atoms with E-state index < -0.39 is 70.0 Å². The zero-order valence-electron chi connectivity index (χ0n) is 26.3. The molecule has 11 nitrogen and oxygen atoms in total. The first-order valence-electron chi connectivity index (χ1n) is 15.1. The maximum Gasteiger partial charge on any atom is 0.417 e. The van der Waals surface area contributed by atoms with Gasteiger partial charge in [0.25, 0.3) is 11.8 Å². The number of alkyl halides is 3. The minimum Gasteiger partial charge on any atom is -0.471 e. The fourth-order valence-electron chi connectivity index (χ4n) is 6.00. The summed E-state index contributed by atoms with van der Waals surface area (Å²) in [5.41, 5.74) is -5.04. The van der Waals surface area contributed by atoms with E-state index in [1.54, 1.807) is 20.8 Å². The minimum absolute atomic E-state index is 0.0264. The average Bonchev–Trinajstić information content (AvgIpc) is 3.02. The molecule has 0 radical (unpaired) electrons. The van der Waals surface area contributed by atoms with E-state index in [1.807, 2.05) is 6.07 Å². The van der Waals surface area contributed by atoms with Gasteiger partial charge >= 0.3 is 12.3 Å². The molecule has 2 heterocycles. The highest BCUT2D eigenvalue weighted by Crippen LogP contribution is 2.47. The van der Waals surface area contributed by atoms with Crippen LogP contribution in [0.4, 0.5) is 28.0 Å². The maximum absolute atomic E-state index is 15.2. The second kappa shape index (κ2) is 13.5. The molecule has 0 saturated carbocycles. The first kappa shape index (κ1) is 35.0. The van der Waals surface area contributed by atoms with Crippen LogP contribution in [0.1, 0.15) is 74.0 Å². The number of amides is 4. The number of nitrogens with zero attached hydrogens (tertiary/aromatic N) is 4. The largest absolute Gasteiger partial charge is 0.471 e. The second-order valence-corrected chi connectivity index (χ2v) is 11.8. The smallest absolute Gasteiger partial charge is 0.417 e. The molecule has 252 valence electrons. The first-order valence-corrected chi connectivity index (χ1v) is 15.1. The van der Waals surface area contributed by atoms with Crippen LogP contribution in [0.2, 0.25) is 0 Å². The summed E-state index contributed by atoms with van der Waals surface area (Å²) in [5, 5.41) is 21.5. The van der Waals surface area contributed by atoms with Crippen LogP contribution in [0.3, 0.4) is 0 Å². The number of hydrogen-bond donors (Lipinski definition) is 2. The lowest BCUT2D eigenvalue weighted by Gasteiger charge is -2.42. The molecule has 15 heteroatoms. The average molecular weight is 662 g/mol. The quantitative estimate of drug-likeness (QED) is 0.384. The number of ether oxygens (including phenoxy) is 1. The Labute approximate surface area is 268 Å². The Balaban J connectivity index is 1.89. The van der Waals surface area contributed by atoms with Crippen molar-refractivity contribution in [1.82, 2.24) is 15.1 Å². The van der Waals surface area contributed by atoms with E-state index in [9.17, 15) is 42.7 Å². The summed E-state index contributed by atoms with van der Waals surface area (Å²) in [6.07, 6.45) is -5.43. The van der Waals surface area contributed by atoms with Crippen molar-refractivity contribution in [1.29, 1.82) is 5.26 Å². The first-order chi connectivity index (χ1) is 22.0. The molecule has 2 aromatic rings. The Morgan fingerprint density at radius 2 is 1.94 bits per heavy atom. The highest BCUT2D eigenvalue weighted by Gasteiger charge is 2.50. The topological polar surface area (TPSA) is 143 Å². The SMILES string of the molecule is CCC(=O)NCCN1C(=O)C(C)(c2cc(C#N)ccc2F)Oc2cc(C(F)(F)F)c(C(=O)N(C(C)C)[C@@H]3CCCN(C(=O)O)C3)cc21. The van der Waals surface area contributed by atoms with Crippen LogP contribution in [0.5, 0.6) is 5.75 Å². The van der Waals surface area contributed by atoms with Crippen LogP contribution in [0, 0.1) is 17.1 Å². The van der Waals surface area contributed by atoms with Crippen molar-refractivity contribution in [3.05, 3.63) is 58.4 Å². The number of nitriles is 1. The number of anilines is 1. The number of rotatable bonds is 8. The van der Waals surface area contributed by atoms with Crippen LogP contribution in [0.25, 0.3) is 0 Å². The van der Waals surface area contributed by atoms with E-state index >= 15 is 4.39 Å². The lowest BCUT2D eigenvalue weighted by molar-refractivity contribution is -0.138. The molecule has 1 unspecified atom stereocenters. The molecule has 2 aliphatic rings. The molecule has 4 rings (SSSR count). The zero-order chi connectivity index (χ0) is 34.8. The van der Waals surface area contributed by atoms with Crippen molar-refractivity contribution >= 4 is 29.5 Å². The summed E-state index contributed by atoms with van der Waals surface area (Å²) >= 11 is 0. The van der Waals surface area contributed by atoms with E-state index in [4.69, 9.17) is 4.74 Å². The molecule has 4 amide bonds. The highest BCUT2D eigenvalue weighted by atomic mass is 19.4. The second-order valence-electron chi connectivity index (χ2n) is 11.8.